The number of benzene rings is 1. The average molecular weight is 352 g/mol. The molecule has 5 nitrogen and oxygen atoms in total. The molecule has 1 aliphatic rings. The predicted molar refractivity (Wildman–Crippen MR) is 90.5 cm³/mol. The molecule has 1 aromatic carbocycles. The van der Waals surface area contributed by atoms with Crippen LogP contribution in [0.4, 0.5) is 0 Å². The van der Waals surface area contributed by atoms with Crippen LogP contribution in [-0.2, 0) is 0 Å². The quantitative estimate of drug-likeness (QED) is 0.848. The number of aryl methyl sites for hydroxylation is 1. The Kier molecular flexibility index (Phi) is 4.82. The molecule has 122 valence electrons. The minimum atomic E-state index is -0.0460. The van der Waals surface area contributed by atoms with Crippen molar-refractivity contribution in [3.8, 4) is 5.75 Å². The third kappa shape index (κ3) is 3.48. The molecule has 23 heavy (non-hydrogen) atoms. The van der Waals surface area contributed by atoms with Gasteiger partial charge in [-0.05, 0) is 38.0 Å². The summed E-state index contributed by atoms with van der Waals surface area (Å²) in [7, 11) is 1.56. The molecule has 1 saturated heterocycles. The molecule has 1 unspecified atom stereocenters. The van der Waals surface area contributed by atoms with Crippen LogP contribution in [0, 0.1) is 6.92 Å². The van der Waals surface area contributed by atoms with Gasteiger partial charge in [0.2, 0.25) is 0 Å². The fourth-order valence-corrected chi connectivity index (χ4v) is 3.85. The van der Waals surface area contributed by atoms with Crippen LogP contribution in [0.1, 0.15) is 39.1 Å². The number of halogens is 1. The fourth-order valence-electron chi connectivity index (χ4n) is 2.86. The molecule has 0 spiro atoms. The molecule has 0 aliphatic carbocycles. The summed E-state index contributed by atoms with van der Waals surface area (Å²) in [5.74, 6) is 0.757. The summed E-state index contributed by atoms with van der Waals surface area (Å²) in [4.78, 5) is 14.7. The Balaban J connectivity index is 1.81. The van der Waals surface area contributed by atoms with Crippen molar-refractivity contribution in [2.24, 2.45) is 0 Å². The minimum absolute atomic E-state index is 0.0460. The summed E-state index contributed by atoms with van der Waals surface area (Å²) in [6, 6.07) is 5.12. The summed E-state index contributed by atoms with van der Waals surface area (Å²) in [6.07, 6.45) is 1.99. The number of piperidine rings is 1. The standard InChI is InChI=1S/C16H18ClN3O2S/c1-10-18-19-15(23-10)11-4-3-7-20(9-11)16(21)13-8-12(17)5-6-14(13)22-2/h5-6,8,11H,3-4,7,9H2,1-2H3. The lowest BCUT2D eigenvalue weighted by Gasteiger charge is -2.32. The normalized spacial score (nSPS) is 18.0. The van der Waals surface area contributed by atoms with E-state index in [2.05, 4.69) is 10.2 Å². The molecule has 7 heteroatoms. The van der Waals surface area contributed by atoms with E-state index in [1.54, 1.807) is 36.6 Å². The van der Waals surface area contributed by atoms with Gasteiger partial charge in [0.05, 0.1) is 12.7 Å². The first-order chi connectivity index (χ1) is 11.1. The van der Waals surface area contributed by atoms with E-state index in [4.69, 9.17) is 16.3 Å². The van der Waals surface area contributed by atoms with E-state index in [9.17, 15) is 4.79 Å². The maximum Gasteiger partial charge on any atom is 0.257 e. The third-order valence-electron chi connectivity index (χ3n) is 3.99. The zero-order chi connectivity index (χ0) is 16.4. The predicted octanol–water partition coefficient (Wildman–Crippen LogP) is 3.53. The number of likely N-dealkylation sites (tertiary alicyclic amines) is 1. The molecule has 0 N–H and O–H groups in total. The van der Waals surface area contributed by atoms with Gasteiger partial charge in [0.25, 0.3) is 5.91 Å². The number of nitrogens with zero attached hydrogens (tertiary/aromatic N) is 3. The highest BCUT2D eigenvalue weighted by molar-refractivity contribution is 7.11. The van der Waals surface area contributed by atoms with Crippen LogP contribution >= 0.6 is 22.9 Å². The van der Waals surface area contributed by atoms with Gasteiger partial charge in [-0.25, -0.2) is 0 Å². The van der Waals surface area contributed by atoms with Crippen LogP contribution in [0.2, 0.25) is 5.02 Å². The lowest BCUT2D eigenvalue weighted by atomic mass is 9.98. The molecule has 1 atom stereocenters. The first-order valence-corrected chi connectivity index (χ1v) is 8.70. The van der Waals surface area contributed by atoms with Gasteiger partial charge >= 0.3 is 0 Å². The van der Waals surface area contributed by atoms with Crippen molar-refractivity contribution < 1.29 is 9.53 Å². The number of amides is 1. The maximum atomic E-state index is 12.9. The lowest BCUT2D eigenvalue weighted by Crippen LogP contribution is -2.39. The van der Waals surface area contributed by atoms with Crippen LogP contribution in [0.15, 0.2) is 18.2 Å². The maximum absolute atomic E-state index is 12.9. The summed E-state index contributed by atoms with van der Waals surface area (Å²) in [5.41, 5.74) is 0.508. The van der Waals surface area contributed by atoms with Crippen LogP contribution in [-0.4, -0.2) is 41.2 Å². The van der Waals surface area contributed by atoms with E-state index in [1.807, 2.05) is 11.8 Å². The average Bonchev–Trinajstić information content (AvgIpc) is 3.01. The van der Waals surface area contributed by atoms with E-state index in [1.165, 1.54) is 0 Å². The van der Waals surface area contributed by atoms with Gasteiger partial charge in [-0.3, -0.25) is 4.79 Å². The second kappa shape index (κ2) is 6.84. The molecule has 0 radical (unpaired) electrons. The van der Waals surface area contributed by atoms with Gasteiger partial charge in [0.1, 0.15) is 15.8 Å². The minimum Gasteiger partial charge on any atom is -0.496 e. The molecule has 2 aromatic rings. The SMILES string of the molecule is COc1ccc(Cl)cc1C(=O)N1CCCC(c2nnc(C)s2)C1. The van der Waals surface area contributed by atoms with E-state index in [-0.39, 0.29) is 11.8 Å². The number of aromatic nitrogens is 2. The highest BCUT2D eigenvalue weighted by atomic mass is 35.5. The summed E-state index contributed by atoms with van der Waals surface area (Å²) in [5, 5.41) is 10.8. The van der Waals surface area contributed by atoms with E-state index in [0.29, 0.717) is 22.9 Å². The fraction of sp³-hybridized carbons (Fsp3) is 0.438. The van der Waals surface area contributed by atoms with Gasteiger partial charge in [-0.1, -0.05) is 11.6 Å². The van der Waals surface area contributed by atoms with Crippen LogP contribution < -0.4 is 4.74 Å². The van der Waals surface area contributed by atoms with Crippen molar-refractivity contribution in [2.75, 3.05) is 20.2 Å². The van der Waals surface area contributed by atoms with Gasteiger partial charge in [0.15, 0.2) is 0 Å². The monoisotopic (exact) mass is 351 g/mol. The molecule has 0 saturated carbocycles. The number of carbonyl (C=O) groups excluding carboxylic acids is 1. The van der Waals surface area contributed by atoms with Crippen LogP contribution in [0.5, 0.6) is 5.75 Å². The number of ether oxygens (including phenoxy) is 1. The third-order valence-corrected chi connectivity index (χ3v) is 5.23. The van der Waals surface area contributed by atoms with Crippen LogP contribution in [0.25, 0.3) is 0 Å². The Morgan fingerprint density at radius 1 is 1.43 bits per heavy atom. The Labute approximate surface area is 144 Å². The van der Waals surface area contributed by atoms with E-state index >= 15 is 0 Å². The molecule has 2 heterocycles. The van der Waals surface area contributed by atoms with Crippen molar-refractivity contribution in [3.05, 3.63) is 38.8 Å². The first-order valence-electron chi connectivity index (χ1n) is 7.51. The van der Waals surface area contributed by atoms with Crippen molar-refractivity contribution in [1.82, 2.24) is 15.1 Å². The molecule has 1 amide bonds. The zero-order valence-corrected chi connectivity index (χ0v) is 14.7. The molecule has 0 bridgehead atoms. The summed E-state index contributed by atoms with van der Waals surface area (Å²) >= 11 is 7.65. The van der Waals surface area contributed by atoms with E-state index < -0.39 is 0 Å². The molecule has 1 aromatic heterocycles. The largest absolute Gasteiger partial charge is 0.496 e. The number of hydrogen-bond acceptors (Lipinski definition) is 5. The number of methoxy groups -OCH3 is 1. The number of rotatable bonds is 3. The van der Waals surface area contributed by atoms with Gasteiger partial charge in [-0.15, -0.1) is 21.5 Å². The number of carbonyl (C=O) groups is 1. The second-order valence-electron chi connectivity index (χ2n) is 5.59. The molecule has 3 rings (SSSR count). The van der Waals surface area contributed by atoms with Crippen LogP contribution in [0.3, 0.4) is 0 Å². The highest BCUT2D eigenvalue weighted by Crippen LogP contribution is 2.31. The highest BCUT2D eigenvalue weighted by Gasteiger charge is 2.29. The van der Waals surface area contributed by atoms with Crippen molar-refractivity contribution >= 4 is 28.8 Å². The summed E-state index contributed by atoms with van der Waals surface area (Å²) in [6.45, 7) is 3.34. The Bertz CT molecular complexity index is 719. The van der Waals surface area contributed by atoms with Gasteiger partial charge in [-0.2, -0.15) is 0 Å². The Hall–Kier alpha value is -1.66. The first kappa shape index (κ1) is 16.2. The zero-order valence-electron chi connectivity index (χ0n) is 13.1. The Morgan fingerprint density at radius 3 is 2.96 bits per heavy atom. The molecule has 1 fully saturated rings. The van der Waals surface area contributed by atoms with Crippen molar-refractivity contribution in [2.45, 2.75) is 25.7 Å². The van der Waals surface area contributed by atoms with Crippen molar-refractivity contribution in [1.29, 1.82) is 0 Å². The van der Waals surface area contributed by atoms with Gasteiger partial charge < -0.3 is 9.64 Å². The lowest BCUT2D eigenvalue weighted by molar-refractivity contribution is 0.0703. The molecule has 1 aliphatic heterocycles. The molecular weight excluding hydrogens is 334 g/mol. The Morgan fingerprint density at radius 2 is 2.26 bits per heavy atom. The van der Waals surface area contributed by atoms with Crippen molar-refractivity contribution in [3.63, 3.8) is 0 Å². The topological polar surface area (TPSA) is 55.3 Å². The van der Waals surface area contributed by atoms with Gasteiger partial charge in [0, 0.05) is 24.0 Å². The number of hydrogen-bond donors (Lipinski definition) is 0. The smallest absolute Gasteiger partial charge is 0.257 e. The van der Waals surface area contributed by atoms with E-state index in [0.717, 1.165) is 29.4 Å². The molecular formula is C16H18ClN3O2S. The second-order valence-corrected chi connectivity index (χ2v) is 7.24. The summed E-state index contributed by atoms with van der Waals surface area (Å²) < 4.78 is 5.30.